The Bertz CT molecular complexity index is 501. The maximum Gasteiger partial charge on any atom is 0.0849 e. The fourth-order valence-electron chi connectivity index (χ4n) is 1.53. The highest BCUT2D eigenvalue weighted by Crippen LogP contribution is 2.31. The normalized spacial score (nSPS) is 12.4. The summed E-state index contributed by atoms with van der Waals surface area (Å²) in [6.07, 6.45) is 0. The van der Waals surface area contributed by atoms with Gasteiger partial charge in [0.05, 0.1) is 12.6 Å². The molecule has 0 saturated carbocycles. The van der Waals surface area contributed by atoms with Crippen molar-refractivity contribution >= 4 is 48.9 Å². The summed E-state index contributed by atoms with van der Waals surface area (Å²) in [4.78, 5) is 1.10. The van der Waals surface area contributed by atoms with Crippen LogP contribution in [0.15, 0.2) is 44.7 Å². The first-order chi connectivity index (χ1) is 8.20. The number of aliphatic hydroxyl groups excluding tert-OH is 1. The molecule has 1 aromatic heterocycles. The molecule has 0 amide bonds. The molecule has 0 spiro atoms. The van der Waals surface area contributed by atoms with Crippen LogP contribution in [-0.2, 0) is 0 Å². The molecule has 0 aliphatic rings. The lowest BCUT2D eigenvalue weighted by molar-refractivity contribution is 0.277. The summed E-state index contributed by atoms with van der Waals surface area (Å²) >= 11 is 8.54. The van der Waals surface area contributed by atoms with Crippen molar-refractivity contribution in [3.8, 4) is 0 Å². The molecule has 1 heterocycles. The average molecular weight is 377 g/mol. The highest BCUT2D eigenvalue weighted by atomic mass is 79.9. The van der Waals surface area contributed by atoms with Gasteiger partial charge in [-0.15, -0.1) is 11.3 Å². The van der Waals surface area contributed by atoms with Crippen molar-refractivity contribution in [2.24, 2.45) is 0 Å². The molecule has 5 heteroatoms. The molecule has 1 unspecified atom stereocenters. The van der Waals surface area contributed by atoms with Crippen molar-refractivity contribution in [3.63, 3.8) is 0 Å². The Morgan fingerprint density at radius 2 is 2.12 bits per heavy atom. The SMILES string of the molecule is OCC(Nc1cccc(Br)c1)c1sccc1Br. The molecule has 0 aliphatic carbocycles. The quantitative estimate of drug-likeness (QED) is 0.827. The second kappa shape index (κ2) is 6.00. The Hall–Kier alpha value is -0.360. The zero-order valence-corrected chi connectivity index (χ0v) is 12.8. The van der Waals surface area contributed by atoms with Crippen LogP contribution in [0.4, 0.5) is 5.69 Å². The number of anilines is 1. The van der Waals surface area contributed by atoms with Gasteiger partial charge in [-0.2, -0.15) is 0 Å². The summed E-state index contributed by atoms with van der Waals surface area (Å²) in [7, 11) is 0. The molecule has 0 radical (unpaired) electrons. The van der Waals surface area contributed by atoms with Gasteiger partial charge in [0.2, 0.25) is 0 Å². The van der Waals surface area contributed by atoms with Gasteiger partial charge >= 0.3 is 0 Å². The summed E-state index contributed by atoms with van der Waals surface area (Å²) in [5.74, 6) is 0. The van der Waals surface area contributed by atoms with E-state index in [4.69, 9.17) is 0 Å². The van der Waals surface area contributed by atoms with Crippen molar-refractivity contribution in [2.75, 3.05) is 11.9 Å². The van der Waals surface area contributed by atoms with Crippen LogP contribution in [0.3, 0.4) is 0 Å². The molecule has 2 aromatic rings. The second-order valence-corrected chi connectivity index (χ2v) is 6.24. The molecule has 1 aromatic carbocycles. The third kappa shape index (κ3) is 3.31. The third-order valence-electron chi connectivity index (χ3n) is 2.31. The predicted molar refractivity (Wildman–Crippen MR) is 79.6 cm³/mol. The monoisotopic (exact) mass is 375 g/mol. The van der Waals surface area contributed by atoms with Crippen LogP contribution in [0.2, 0.25) is 0 Å². The van der Waals surface area contributed by atoms with Gasteiger partial charge in [-0.3, -0.25) is 0 Å². The Balaban J connectivity index is 2.19. The Morgan fingerprint density at radius 3 is 2.71 bits per heavy atom. The first-order valence-electron chi connectivity index (χ1n) is 5.06. The number of nitrogens with one attached hydrogen (secondary N) is 1. The number of rotatable bonds is 4. The van der Waals surface area contributed by atoms with Gasteiger partial charge in [0.25, 0.3) is 0 Å². The molecule has 0 fully saturated rings. The molecule has 0 bridgehead atoms. The molecule has 1 atom stereocenters. The number of thiophene rings is 1. The number of aliphatic hydroxyl groups is 1. The number of hydrogen-bond donors (Lipinski definition) is 2. The summed E-state index contributed by atoms with van der Waals surface area (Å²) < 4.78 is 2.05. The van der Waals surface area contributed by atoms with Crippen LogP contribution in [0.25, 0.3) is 0 Å². The lowest BCUT2D eigenvalue weighted by Gasteiger charge is -2.17. The molecule has 17 heavy (non-hydrogen) atoms. The minimum atomic E-state index is -0.0846. The van der Waals surface area contributed by atoms with E-state index in [1.807, 2.05) is 35.7 Å². The van der Waals surface area contributed by atoms with Crippen LogP contribution in [0.5, 0.6) is 0 Å². The fourth-order valence-corrected chi connectivity index (χ4v) is 3.62. The standard InChI is InChI=1S/C12H11Br2NOS/c13-8-2-1-3-9(6-8)15-11(7-16)12-10(14)4-5-17-12/h1-6,11,15-16H,7H2. The molecule has 0 aliphatic heterocycles. The van der Waals surface area contributed by atoms with E-state index in [0.29, 0.717) is 0 Å². The van der Waals surface area contributed by atoms with Crippen molar-refractivity contribution in [1.82, 2.24) is 0 Å². The van der Waals surface area contributed by atoms with E-state index in [1.54, 1.807) is 11.3 Å². The fraction of sp³-hybridized carbons (Fsp3) is 0.167. The highest BCUT2D eigenvalue weighted by molar-refractivity contribution is 9.10. The molecule has 2 nitrogen and oxygen atoms in total. The second-order valence-electron chi connectivity index (χ2n) is 3.52. The van der Waals surface area contributed by atoms with Crippen molar-refractivity contribution in [3.05, 3.63) is 49.5 Å². The zero-order chi connectivity index (χ0) is 12.3. The Morgan fingerprint density at radius 1 is 1.29 bits per heavy atom. The zero-order valence-electron chi connectivity index (χ0n) is 8.86. The topological polar surface area (TPSA) is 32.3 Å². The van der Waals surface area contributed by atoms with E-state index >= 15 is 0 Å². The predicted octanol–water partition coefficient (Wildman–Crippen LogP) is 4.42. The molecule has 2 N–H and O–H groups in total. The maximum atomic E-state index is 9.46. The van der Waals surface area contributed by atoms with E-state index in [2.05, 4.69) is 37.2 Å². The minimum Gasteiger partial charge on any atom is -0.394 e. The Kier molecular flexibility index (Phi) is 4.62. The van der Waals surface area contributed by atoms with E-state index in [1.165, 1.54) is 0 Å². The highest BCUT2D eigenvalue weighted by Gasteiger charge is 2.14. The summed E-state index contributed by atoms with van der Waals surface area (Å²) in [6.45, 7) is 0.0611. The van der Waals surface area contributed by atoms with Gasteiger partial charge < -0.3 is 10.4 Å². The molecule has 90 valence electrons. The summed E-state index contributed by atoms with van der Waals surface area (Å²) in [5.41, 5.74) is 0.985. The van der Waals surface area contributed by atoms with Crippen molar-refractivity contribution < 1.29 is 5.11 Å². The van der Waals surface area contributed by atoms with Crippen LogP contribution < -0.4 is 5.32 Å². The summed E-state index contributed by atoms with van der Waals surface area (Å²) in [5, 5.41) is 14.8. The molecular weight excluding hydrogens is 366 g/mol. The summed E-state index contributed by atoms with van der Waals surface area (Å²) in [6, 6.07) is 9.81. The van der Waals surface area contributed by atoms with Gasteiger partial charge in [0.15, 0.2) is 0 Å². The molecule has 0 saturated heterocycles. The molecule has 2 rings (SSSR count). The number of benzene rings is 1. The minimum absolute atomic E-state index is 0.0611. The van der Waals surface area contributed by atoms with Crippen LogP contribution >= 0.6 is 43.2 Å². The van der Waals surface area contributed by atoms with Crippen LogP contribution in [0, 0.1) is 0 Å². The largest absolute Gasteiger partial charge is 0.394 e. The maximum absolute atomic E-state index is 9.46. The van der Waals surface area contributed by atoms with Gasteiger partial charge in [-0.25, -0.2) is 0 Å². The smallest absolute Gasteiger partial charge is 0.0849 e. The van der Waals surface area contributed by atoms with Crippen molar-refractivity contribution in [2.45, 2.75) is 6.04 Å². The molecular formula is C12H11Br2NOS. The first kappa shape index (κ1) is 13.1. The lowest BCUT2D eigenvalue weighted by atomic mass is 10.2. The Labute approximate surface area is 121 Å². The van der Waals surface area contributed by atoms with Crippen LogP contribution in [-0.4, -0.2) is 11.7 Å². The number of hydrogen-bond acceptors (Lipinski definition) is 3. The number of halogens is 2. The van der Waals surface area contributed by atoms with Crippen LogP contribution in [0.1, 0.15) is 10.9 Å². The van der Waals surface area contributed by atoms with Gasteiger partial charge in [-0.05, 0) is 45.6 Å². The van der Waals surface area contributed by atoms with Crippen molar-refractivity contribution in [1.29, 1.82) is 0 Å². The van der Waals surface area contributed by atoms with Gasteiger partial charge in [0.1, 0.15) is 0 Å². The average Bonchev–Trinajstić information content (AvgIpc) is 2.72. The van der Waals surface area contributed by atoms with E-state index in [-0.39, 0.29) is 12.6 Å². The third-order valence-corrected chi connectivity index (χ3v) is 4.79. The lowest BCUT2D eigenvalue weighted by Crippen LogP contribution is -2.13. The van der Waals surface area contributed by atoms with Gasteiger partial charge in [0, 0.05) is 19.5 Å². The van der Waals surface area contributed by atoms with E-state index < -0.39 is 0 Å². The van der Waals surface area contributed by atoms with E-state index in [9.17, 15) is 5.11 Å². The first-order valence-corrected chi connectivity index (χ1v) is 7.53. The van der Waals surface area contributed by atoms with E-state index in [0.717, 1.165) is 19.5 Å². The van der Waals surface area contributed by atoms with Gasteiger partial charge in [-0.1, -0.05) is 22.0 Å².